The predicted octanol–water partition coefficient (Wildman–Crippen LogP) is 2.58. The molecule has 0 spiro atoms. The molecule has 1 aromatic carbocycles. The Hall–Kier alpha value is -1.10. The summed E-state index contributed by atoms with van der Waals surface area (Å²) < 4.78 is 5.25. The van der Waals surface area contributed by atoms with Gasteiger partial charge in [-0.1, -0.05) is 30.7 Å². The molecule has 1 N–H and O–H groups in total. The number of amides is 1. The minimum Gasteiger partial charge on any atom is -0.383 e. The van der Waals surface area contributed by atoms with Gasteiger partial charge in [0.15, 0.2) is 0 Å². The highest BCUT2D eigenvalue weighted by Crippen LogP contribution is 2.29. The van der Waals surface area contributed by atoms with Crippen LogP contribution in [0.5, 0.6) is 0 Å². The van der Waals surface area contributed by atoms with E-state index < -0.39 is 0 Å². The minimum atomic E-state index is -0.179. The fourth-order valence-corrected chi connectivity index (χ4v) is 2.75. The van der Waals surface area contributed by atoms with Gasteiger partial charge >= 0.3 is 0 Å². The van der Waals surface area contributed by atoms with Gasteiger partial charge in [0.25, 0.3) is 0 Å². The fraction of sp³-hybridized carbons (Fsp3) is 0.533. The molecule has 1 aromatic rings. The van der Waals surface area contributed by atoms with Crippen molar-refractivity contribution in [1.82, 2.24) is 10.2 Å². The Morgan fingerprint density at radius 3 is 2.60 bits per heavy atom. The van der Waals surface area contributed by atoms with Gasteiger partial charge in [-0.2, -0.15) is 0 Å². The van der Waals surface area contributed by atoms with Gasteiger partial charge in [-0.3, -0.25) is 10.1 Å². The van der Waals surface area contributed by atoms with E-state index in [0.29, 0.717) is 11.6 Å². The summed E-state index contributed by atoms with van der Waals surface area (Å²) in [6.07, 6.45) is 0.743. The van der Waals surface area contributed by atoms with Crippen molar-refractivity contribution < 1.29 is 9.53 Å². The van der Waals surface area contributed by atoms with Crippen LogP contribution in [0.4, 0.5) is 0 Å². The molecule has 1 heterocycles. The first kappa shape index (κ1) is 15.3. The summed E-state index contributed by atoms with van der Waals surface area (Å²) in [4.78, 5) is 14.3. The first-order valence-electron chi connectivity index (χ1n) is 6.91. The Morgan fingerprint density at radius 1 is 1.40 bits per heavy atom. The van der Waals surface area contributed by atoms with Crippen molar-refractivity contribution in [2.45, 2.75) is 38.5 Å². The van der Waals surface area contributed by atoms with E-state index >= 15 is 0 Å². The minimum absolute atomic E-state index is 0.0747. The third-order valence-electron chi connectivity index (χ3n) is 3.72. The number of hydrogen-bond acceptors (Lipinski definition) is 3. The van der Waals surface area contributed by atoms with Crippen LogP contribution >= 0.6 is 11.6 Å². The number of hydrogen-bond donors (Lipinski definition) is 1. The van der Waals surface area contributed by atoms with Crippen LogP contribution in [0, 0.1) is 0 Å². The Bertz CT molecular complexity index is 463. The van der Waals surface area contributed by atoms with E-state index in [2.05, 4.69) is 12.2 Å². The van der Waals surface area contributed by atoms with E-state index in [1.807, 2.05) is 36.1 Å². The highest BCUT2D eigenvalue weighted by Gasteiger charge is 2.40. The molecule has 5 heteroatoms. The fourth-order valence-electron chi connectivity index (χ4n) is 2.62. The molecule has 4 nitrogen and oxygen atoms in total. The van der Waals surface area contributed by atoms with Crippen molar-refractivity contribution in [3.8, 4) is 0 Å². The topological polar surface area (TPSA) is 41.6 Å². The molecule has 0 saturated carbocycles. The van der Waals surface area contributed by atoms with Crippen LogP contribution in [0.25, 0.3) is 0 Å². The number of halogens is 1. The first-order chi connectivity index (χ1) is 9.58. The molecule has 110 valence electrons. The van der Waals surface area contributed by atoms with E-state index in [9.17, 15) is 4.79 Å². The van der Waals surface area contributed by atoms with Crippen LogP contribution in [0.15, 0.2) is 24.3 Å². The summed E-state index contributed by atoms with van der Waals surface area (Å²) in [5, 5.41) is 4.04. The summed E-state index contributed by atoms with van der Waals surface area (Å²) in [5.74, 6) is 0.119. The Morgan fingerprint density at radius 2 is 2.05 bits per heavy atom. The van der Waals surface area contributed by atoms with E-state index in [4.69, 9.17) is 16.3 Å². The molecule has 1 fully saturated rings. The molecule has 20 heavy (non-hydrogen) atoms. The zero-order valence-corrected chi connectivity index (χ0v) is 12.9. The third-order valence-corrected chi connectivity index (χ3v) is 3.97. The lowest BCUT2D eigenvalue weighted by atomic mass is 10.1. The van der Waals surface area contributed by atoms with Crippen molar-refractivity contribution >= 4 is 17.5 Å². The van der Waals surface area contributed by atoms with Gasteiger partial charge < -0.3 is 9.64 Å². The number of ether oxygens (including phenoxy) is 1. The first-order valence-corrected chi connectivity index (χ1v) is 7.29. The summed E-state index contributed by atoms with van der Waals surface area (Å²) in [6, 6.07) is 7.51. The van der Waals surface area contributed by atoms with Crippen molar-refractivity contribution in [1.29, 1.82) is 0 Å². The van der Waals surface area contributed by atoms with Gasteiger partial charge in [-0.25, -0.2) is 0 Å². The number of rotatable bonds is 5. The van der Waals surface area contributed by atoms with Crippen LogP contribution in [0.2, 0.25) is 5.02 Å². The molecule has 0 bridgehead atoms. The van der Waals surface area contributed by atoms with Crippen LogP contribution in [0.3, 0.4) is 0 Å². The van der Waals surface area contributed by atoms with Crippen LogP contribution in [0.1, 0.15) is 32.0 Å². The summed E-state index contributed by atoms with van der Waals surface area (Å²) in [5.41, 5.74) is 1.04. The van der Waals surface area contributed by atoms with Crippen LogP contribution in [-0.2, 0) is 9.53 Å². The number of nitrogens with zero attached hydrogens (tertiary/aromatic N) is 1. The van der Waals surface area contributed by atoms with Gasteiger partial charge in [-0.15, -0.1) is 0 Å². The second-order valence-electron chi connectivity index (χ2n) is 5.11. The maximum atomic E-state index is 12.4. The molecular formula is C15H21ClN2O2. The highest BCUT2D eigenvalue weighted by atomic mass is 35.5. The average molecular weight is 297 g/mol. The van der Waals surface area contributed by atoms with Crippen molar-refractivity contribution in [3.05, 3.63) is 34.9 Å². The summed E-state index contributed by atoms with van der Waals surface area (Å²) in [6.45, 7) is 4.50. The Labute approximate surface area is 125 Å². The van der Waals surface area contributed by atoms with E-state index in [0.717, 1.165) is 12.0 Å². The number of benzene rings is 1. The van der Waals surface area contributed by atoms with Gasteiger partial charge in [0.2, 0.25) is 5.91 Å². The number of methoxy groups -OCH3 is 1. The SMILES string of the molecule is CCC(COC)N1C(=O)C(C)NC1c1ccc(Cl)cc1. The second-order valence-corrected chi connectivity index (χ2v) is 5.54. The molecule has 1 aliphatic rings. The van der Waals surface area contributed by atoms with Crippen LogP contribution < -0.4 is 5.32 Å². The van der Waals surface area contributed by atoms with Crippen LogP contribution in [-0.4, -0.2) is 36.6 Å². The number of nitrogens with one attached hydrogen (secondary N) is 1. The van der Waals surface area contributed by atoms with E-state index in [-0.39, 0.29) is 24.2 Å². The standard InChI is InChI=1S/C15H21ClN2O2/c1-4-13(9-20-3)18-14(17-10(2)15(18)19)11-5-7-12(16)8-6-11/h5-8,10,13-14,17H,4,9H2,1-3H3. The zero-order valence-electron chi connectivity index (χ0n) is 12.1. The van der Waals surface area contributed by atoms with Gasteiger partial charge in [-0.05, 0) is 31.0 Å². The van der Waals surface area contributed by atoms with Crippen molar-refractivity contribution in [2.75, 3.05) is 13.7 Å². The van der Waals surface area contributed by atoms with E-state index in [1.165, 1.54) is 0 Å². The Balaban J connectivity index is 2.29. The van der Waals surface area contributed by atoms with Gasteiger partial charge in [0.1, 0.15) is 6.17 Å². The molecule has 2 rings (SSSR count). The molecule has 3 unspecified atom stereocenters. The predicted molar refractivity (Wildman–Crippen MR) is 79.6 cm³/mol. The zero-order chi connectivity index (χ0) is 14.7. The molecule has 0 radical (unpaired) electrons. The Kier molecular flexibility index (Phi) is 5.02. The van der Waals surface area contributed by atoms with Crippen molar-refractivity contribution in [2.24, 2.45) is 0 Å². The highest BCUT2D eigenvalue weighted by molar-refractivity contribution is 6.30. The normalized spacial score (nSPS) is 24.2. The average Bonchev–Trinajstić information content (AvgIpc) is 2.73. The maximum Gasteiger partial charge on any atom is 0.241 e. The number of carbonyl (C=O) groups is 1. The van der Waals surface area contributed by atoms with E-state index in [1.54, 1.807) is 7.11 Å². The van der Waals surface area contributed by atoms with Gasteiger partial charge in [0.05, 0.1) is 18.7 Å². The summed E-state index contributed by atoms with van der Waals surface area (Å²) >= 11 is 5.93. The van der Waals surface area contributed by atoms with Crippen molar-refractivity contribution in [3.63, 3.8) is 0 Å². The lowest BCUT2D eigenvalue weighted by Crippen LogP contribution is -2.42. The molecule has 0 aliphatic carbocycles. The molecule has 1 aliphatic heterocycles. The molecule has 0 aromatic heterocycles. The molecule has 3 atom stereocenters. The number of carbonyl (C=O) groups excluding carboxylic acids is 1. The second kappa shape index (κ2) is 6.57. The maximum absolute atomic E-state index is 12.4. The molecular weight excluding hydrogens is 276 g/mol. The molecule has 1 saturated heterocycles. The van der Waals surface area contributed by atoms with Gasteiger partial charge in [0, 0.05) is 12.1 Å². The molecule has 1 amide bonds. The monoisotopic (exact) mass is 296 g/mol. The smallest absolute Gasteiger partial charge is 0.241 e. The summed E-state index contributed by atoms with van der Waals surface area (Å²) in [7, 11) is 1.66. The largest absolute Gasteiger partial charge is 0.383 e. The lowest BCUT2D eigenvalue weighted by Gasteiger charge is -2.32. The quantitative estimate of drug-likeness (QED) is 0.908. The third kappa shape index (κ3) is 2.97. The lowest BCUT2D eigenvalue weighted by molar-refractivity contribution is -0.133.